The van der Waals surface area contributed by atoms with Crippen LogP contribution in [0.4, 0.5) is 5.69 Å². The van der Waals surface area contributed by atoms with E-state index in [1.807, 2.05) is 44.2 Å². The lowest BCUT2D eigenvalue weighted by Crippen LogP contribution is -2.42. The number of allylic oxidation sites excluding steroid dienone is 4. The Morgan fingerprint density at radius 1 is 0.925 bits per heavy atom. The van der Waals surface area contributed by atoms with E-state index in [0.717, 1.165) is 51.1 Å². The fourth-order valence-electron chi connectivity index (χ4n) is 6.36. The highest BCUT2D eigenvalue weighted by Crippen LogP contribution is 2.52. The van der Waals surface area contributed by atoms with Crippen molar-refractivity contribution in [3.8, 4) is 5.75 Å². The monoisotopic (exact) mass is 604 g/mol. The van der Waals surface area contributed by atoms with E-state index in [-0.39, 0.29) is 34.9 Å². The Bertz CT molecular complexity index is 1450. The van der Waals surface area contributed by atoms with Gasteiger partial charge in [0.05, 0.1) is 0 Å². The number of carbonyl (C=O) groups excluding carboxylic acids is 3. The molecule has 0 spiro atoms. The van der Waals surface area contributed by atoms with Crippen LogP contribution in [0.3, 0.4) is 0 Å². The van der Waals surface area contributed by atoms with Crippen molar-refractivity contribution >= 4 is 39.1 Å². The lowest BCUT2D eigenvalue weighted by Gasteiger charge is -2.44. The van der Waals surface area contributed by atoms with Crippen LogP contribution in [-0.2, 0) is 14.4 Å². The molecule has 2 N–H and O–H groups in total. The van der Waals surface area contributed by atoms with Crippen molar-refractivity contribution in [1.29, 1.82) is 0 Å². The smallest absolute Gasteiger partial charge is 0.262 e. The average molecular weight is 606 g/mol. The molecule has 3 aliphatic rings. The first-order valence-electron chi connectivity index (χ1n) is 13.8. The molecule has 0 atom stereocenters. The number of dihydropyridines is 1. The highest BCUT2D eigenvalue weighted by molar-refractivity contribution is 9.10. The topological polar surface area (TPSA) is 84.5 Å². The number of ether oxygens (including phenoxy) is 1. The van der Waals surface area contributed by atoms with Gasteiger partial charge in [0.2, 0.25) is 0 Å². The first-order chi connectivity index (χ1) is 18.7. The van der Waals surface area contributed by atoms with Crippen molar-refractivity contribution in [2.24, 2.45) is 10.8 Å². The fourth-order valence-corrected chi connectivity index (χ4v) is 6.74. The van der Waals surface area contributed by atoms with Gasteiger partial charge < -0.3 is 15.4 Å². The van der Waals surface area contributed by atoms with E-state index in [4.69, 9.17) is 4.74 Å². The number of hydrogen-bond acceptors (Lipinski definition) is 5. The summed E-state index contributed by atoms with van der Waals surface area (Å²) in [5.41, 5.74) is 6.29. The first-order valence-corrected chi connectivity index (χ1v) is 14.6. The Morgan fingerprint density at radius 3 is 2.10 bits per heavy atom. The van der Waals surface area contributed by atoms with E-state index in [1.165, 1.54) is 0 Å². The van der Waals surface area contributed by atoms with Crippen LogP contribution in [0.1, 0.15) is 76.0 Å². The Hall–Kier alpha value is -3.19. The van der Waals surface area contributed by atoms with Crippen LogP contribution in [0.15, 0.2) is 63.4 Å². The van der Waals surface area contributed by atoms with E-state index in [0.29, 0.717) is 29.7 Å². The number of aryl methyl sites for hydroxylation is 2. The Labute approximate surface area is 244 Å². The zero-order chi connectivity index (χ0) is 29.0. The second-order valence-corrected chi connectivity index (χ2v) is 14.0. The van der Waals surface area contributed by atoms with Crippen molar-refractivity contribution in [2.45, 2.75) is 73.1 Å². The third-order valence-corrected chi connectivity index (χ3v) is 8.51. The van der Waals surface area contributed by atoms with Gasteiger partial charge in [-0.1, -0.05) is 61.3 Å². The molecule has 1 heterocycles. The Kier molecular flexibility index (Phi) is 7.32. The molecule has 2 aromatic rings. The minimum Gasteiger partial charge on any atom is -0.483 e. The summed E-state index contributed by atoms with van der Waals surface area (Å²) in [6.07, 6.45) is 2.26. The minimum absolute atomic E-state index is 0.0476. The predicted molar refractivity (Wildman–Crippen MR) is 160 cm³/mol. The summed E-state index contributed by atoms with van der Waals surface area (Å²) in [6, 6.07) is 11.4. The van der Waals surface area contributed by atoms with E-state index < -0.39 is 5.92 Å². The Morgan fingerprint density at radius 2 is 1.52 bits per heavy atom. The number of amides is 1. The number of rotatable bonds is 5. The molecule has 0 saturated carbocycles. The van der Waals surface area contributed by atoms with Gasteiger partial charge in [-0.25, -0.2) is 0 Å². The zero-order valence-corrected chi connectivity index (χ0v) is 25.7. The molecule has 0 aromatic heterocycles. The third kappa shape index (κ3) is 5.67. The summed E-state index contributed by atoms with van der Waals surface area (Å²) in [4.78, 5) is 40.3. The number of benzene rings is 2. The van der Waals surface area contributed by atoms with Crippen LogP contribution >= 0.6 is 15.9 Å². The van der Waals surface area contributed by atoms with Crippen LogP contribution in [0.5, 0.6) is 5.75 Å². The number of Topliss-reactive ketones (excluding diaryl/α,β-unsaturated/α-hetero) is 2. The van der Waals surface area contributed by atoms with Crippen LogP contribution in [0, 0.1) is 24.7 Å². The van der Waals surface area contributed by atoms with Gasteiger partial charge in [0.15, 0.2) is 18.2 Å². The largest absolute Gasteiger partial charge is 0.483 e. The van der Waals surface area contributed by atoms with Crippen LogP contribution in [0.2, 0.25) is 0 Å². The van der Waals surface area contributed by atoms with E-state index in [1.54, 1.807) is 6.07 Å². The molecule has 210 valence electrons. The summed E-state index contributed by atoms with van der Waals surface area (Å²) < 4.78 is 6.94. The summed E-state index contributed by atoms with van der Waals surface area (Å²) in [5.74, 6) is -0.247. The molecule has 7 heteroatoms. The third-order valence-electron chi connectivity index (χ3n) is 8.02. The fraction of sp³-hybridized carbons (Fsp3) is 0.424. The SMILES string of the molecule is Cc1ccc(NC(=O)COc2ccc(Br)cc2C2C3=C(CC(C)(C)CC3=O)NC3=C2C(=O)CC(C)(C)C3)c(C)c1. The summed E-state index contributed by atoms with van der Waals surface area (Å²) >= 11 is 3.59. The maximum absolute atomic E-state index is 13.7. The normalized spacial score (nSPS) is 20.1. The number of nitrogens with one attached hydrogen (secondary N) is 2. The van der Waals surface area contributed by atoms with Gasteiger partial charge in [0.25, 0.3) is 5.91 Å². The van der Waals surface area contributed by atoms with Crippen molar-refractivity contribution < 1.29 is 19.1 Å². The molecule has 0 saturated heterocycles. The highest BCUT2D eigenvalue weighted by atomic mass is 79.9. The number of hydrogen-bond donors (Lipinski definition) is 2. The van der Waals surface area contributed by atoms with Gasteiger partial charge in [-0.2, -0.15) is 0 Å². The molecule has 0 radical (unpaired) electrons. The van der Waals surface area contributed by atoms with Gasteiger partial charge in [-0.15, -0.1) is 0 Å². The van der Waals surface area contributed by atoms with E-state index in [9.17, 15) is 14.4 Å². The van der Waals surface area contributed by atoms with Crippen LogP contribution in [-0.4, -0.2) is 24.1 Å². The van der Waals surface area contributed by atoms with Crippen molar-refractivity contribution in [1.82, 2.24) is 5.32 Å². The molecule has 2 aromatic carbocycles. The number of anilines is 1. The molecule has 0 fully saturated rings. The van der Waals surface area contributed by atoms with Gasteiger partial charge in [-0.3, -0.25) is 14.4 Å². The van der Waals surface area contributed by atoms with Crippen molar-refractivity contribution in [2.75, 3.05) is 11.9 Å². The minimum atomic E-state index is -0.548. The second kappa shape index (κ2) is 10.3. The summed E-state index contributed by atoms with van der Waals surface area (Å²) in [5, 5.41) is 6.48. The molecular formula is C33H37BrN2O4. The zero-order valence-electron chi connectivity index (χ0n) is 24.1. The first kappa shape index (κ1) is 28.3. The summed E-state index contributed by atoms with van der Waals surface area (Å²) in [6.45, 7) is 12.2. The van der Waals surface area contributed by atoms with Gasteiger partial charge in [0, 0.05) is 57.0 Å². The lowest BCUT2D eigenvalue weighted by molar-refractivity contribution is -0.120. The molecular weight excluding hydrogens is 568 g/mol. The second-order valence-electron chi connectivity index (χ2n) is 13.1. The van der Waals surface area contributed by atoms with Crippen LogP contribution < -0.4 is 15.4 Å². The predicted octanol–water partition coefficient (Wildman–Crippen LogP) is 7.06. The van der Waals surface area contributed by atoms with Crippen molar-refractivity contribution in [3.05, 3.63) is 80.1 Å². The number of carbonyl (C=O) groups is 3. The molecule has 1 amide bonds. The molecule has 0 bridgehead atoms. The average Bonchev–Trinajstić information content (AvgIpc) is 2.82. The highest BCUT2D eigenvalue weighted by Gasteiger charge is 2.47. The summed E-state index contributed by atoms with van der Waals surface area (Å²) in [7, 11) is 0. The molecule has 0 unspecified atom stereocenters. The lowest BCUT2D eigenvalue weighted by atomic mass is 9.64. The number of ketones is 2. The van der Waals surface area contributed by atoms with Gasteiger partial charge in [-0.05, 0) is 67.3 Å². The maximum Gasteiger partial charge on any atom is 0.262 e. The molecule has 1 aliphatic heterocycles. The number of halogens is 1. The maximum atomic E-state index is 13.7. The Balaban J connectivity index is 1.53. The standard InChI is InChI=1S/C33H37BrN2O4/c1-18-7-9-22(19(2)11-18)36-28(39)17-40-27-10-8-20(34)12-21(27)29-30-23(13-32(3,4)15-25(30)37)35-24-14-33(5,6)16-26(38)31(24)29/h7-12,29,35H,13-17H2,1-6H3,(H,36,39). The van der Waals surface area contributed by atoms with Crippen LogP contribution in [0.25, 0.3) is 0 Å². The van der Waals surface area contributed by atoms with E-state index >= 15 is 0 Å². The molecule has 2 aliphatic carbocycles. The van der Waals surface area contributed by atoms with Gasteiger partial charge in [0.1, 0.15) is 5.75 Å². The quantitative estimate of drug-likeness (QED) is 0.382. The molecule has 40 heavy (non-hydrogen) atoms. The van der Waals surface area contributed by atoms with Crippen molar-refractivity contribution in [3.63, 3.8) is 0 Å². The molecule has 5 rings (SSSR count). The van der Waals surface area contributed by atoms with E-state index in [2.05, 4.69) is 54.3 Å². The molecule has 6 nitrogen and oxygen atoms in total. The van der Waals surface area contributed by atoms with Gasteiger partial charge >= 0.3 is 0 Å².